The third-order valence-corrected chi connectivity index (χ3v) is 6.14. The zero-order valence-corrected chi connectivity index (χ0v) is 13.7. The van der Waals surface area contributed by atoms with Gasteiger partial charge in [0.2, 0.25) is 0 Å². The maximum atomic E-state index is 12.0. The Bertz CT molecular complexity index is 525. The van der Waals surface area contributed by atoms with Gasteiger partial charge in [0, 0.05) is 6.04 Å². The Labute approximate surface area is 125 Å². The molecule has 1 heterocycles. The van der Waals surface area contributed by atoms with Gasteiger partial charge in [-0.1, -0.05) is 0 Å². The van der Waals surface area contributed by atoms with E-state index < -0.39 is 38.8 Å². The summed E-state index contributed by atoms with van der Waals surface area (Å²) in [7, 11) is -3.10. The topological polar surface area (TPSA) is 113 Å². The van der Waals surface area contributed by atoms with E-state index in [1.165, 1.54) is 13.8 Å². The number of carboxylic acids is 1. The molecule has 1 aliphatic heterocycles. The third kappa shape index (κ3) is 4.33. The summed E-state index contributed by atoms with van der Waals surface area (Å²) in [5.41, 5.74) is -2.15. The van der Waals surface area contributed by atoms with Crippen molar-refractivity contribution in [3.8, 4) is 0 Å². The Morgan fingerprint density at radius 2 is 1.76 bits per heavy atom. The Kier molecular flexibility index (Phi) is 4.92. The predicted molar refractivity (Wildman–Crippen MR) is 78.8 cm³/mol. The van der Waals surface area contributed by atoms with Crippen molar-refractivity contribution >= 4 is 21.8 Å². The highest BCUT2D eigenvalue weighted by atomic mass is 32.2. The molecular formula is C13H24N2O5S. The molecule has 122 valence electrons. The van der Waals surface area contributed by atoms with Crippen molar-refractivity contribution in [3.05, 3.63) is 0 Å². The van der Waals surface area contributed by atoms with Crippen LogP contribution in [0.15, 0.2) is 0 Å². The second-order valence-electron chi connectivity index (χ2n) is 6.61. The first-order valence-corrected chi connectivity index (χ1v) is 8.72. The van der Waals surface area contributed by atoms with Gasteiger partial charge in [0.05, 0.1) is 22.5 Å². The van der Waals surface area contributed by atoms with Crippen LogP contribution in [0.25, 0.3) is 0 Å². The summed E-state index contributed by atoms with van der Waals surface area (Å²) in [6, 6.07) is -0.969. The zero-order valence-electron chi connectivity index (χ0n) is 12.9. The van der Waals surface area contributed by atoms with E-state index in [2.05, 4.69) is 10.6 Å². The van der Waals surface area contributed by atoms with E-state index in [-0.39, 0.29) is 11.5 Å². The smallest absolute Gasteiger partial charge is 0.315 e. The molecule has 2 amide bonds. The SMILES string of the molecule is CC(C)(NC(=O)NC1CCCS(=O)(=O)C1)C(C)(C)C(=O)O. The summed E-state index contributed by atoms with van der Waals surface area (Å²) in [5.74, 6) is -0.930. The standard InChI is InChI=1S/C13H24N2O5S/c1-12(2,10(16)17)13(3,4)15-11(18)14-9-6-5-7-21(19,20)8-9/h9H,5-8H2,1-4H3,(H,16,17)(H2,14,15,18). The molecular weight excluding hydrogens is 296 g/mol. The maximum Gasteiger partial charge on any atom is 0.315 e. The van der Waals surface area contributed by atoms with Crippen LogP contribution >= 0.6 is 0 Å². The van der Waals surface area contributed by atoms with Gasteiger partial charge in [0.15, 0.2) is 9.84 Å². The molecule has 0 aliphatic carbocycles. The molecule has 1 atom stereocenters. The van der Waals surface area contributed by atoms with E-state index in [9.17, 15) is 23.1 Å². The second-order valence-corrected chi connectivity index (χ2v) is 8.84. The lowest BCUT2D eigenvalue weighted by molar-refractivity contribution is -0.150. The summed E-state index contributed by atoms with van der Waals surface area (Å²) in [6.45, 7) is 6.30. The van der Waals surface area contributed by atoms with Crippen molar-refractivity contribution < 1.29 is 23.1 Å². The average Bonchev–Trinajstić information content (AvgIpc) is 2.25. The number of sulfone groups is 1. The summed E-state index contributed by atoms with van der Waals surface area (Å²) in [5, 5.41) is 14.5. The Morgan fingerprint density at radius 1 is 1.19 bits per heavy atom. The first kappa shape index (κ1) is 17.7. The van der Waals surface area contributed by atoms with Crippen LogP contribution in [0.4, 0.5) is 4.79 Å². The largest absolute Gasteiger partial charge is 0.481 e. The van der Waals surface area contributed by atoms with Crippen LogP contribution in [-0.4, -0.2) is 48.6 Å². The molecule has 1 aliphatic rings. The zero-order chi connectivity index (χ0) is 16.5. The fraction of sp³-hybridized carbons (Fsp3) is 0.846. The minimum absolute atomic E-state index is 0.0663. The number of carbonyl (C=O) groups excluding carboxylic acids is 1. The van der Waals surface area contributed by atoms with Gasteiger partial charge in [-0.2, -0.15) is 0 Å². The van der Waals surface area contributed by atoms with Crippen LogP contribution in [0.2, 0.25) is 0 Å². The molecule has 1 unspecified atom stereocenters. The third-order valence-electron chi connectivity index (χ3n) is 4.32. The first-order valence-electron chi connectivity index (χ1n) is 6.90. The molecule has 0 radical (unpaired) electrons. The van der Waals surface area contributed by atoms with Gasteiger partial charge in [0.1, 0.15) is 0 Å². The fourth-order valence-electron chi connectivity index (χ4n) is 2.07. The lowest BCUT2D eigenvalue weighted by Crippen LogP contribution is -2.60. The minimum atomic E-state index is -3.10. The number of urea groups is 1. The van der Waals surface area contributed by atoms with Crippen molar-refractivity contribution in [1.82, 2.24) is 10.6 Å². The number of hydrogen-bond acceptors (Lipinski definition) is 4. The molecule has 0 saturated carbocycles. The fourth-order valence-corrected chi connectivity index (χ4v) is 3.70. The van der Waals surface area contributed by atoms with Gasteiger partial charge in [-0.15, -0.1) is 0 Å². The lowest BCUT2D eigenvalue weighted by Gasteiger charge is -2.39. The summed E-state index contributed by atoms with van der Waals surface area (Å²) in [4.78, 5) is 23.3. The number of rotatable bonds is 4. The van der Waals surface area contributed by atoms with Crippen molar-refractivity contribution in [2.75, 3.05) is 11.5 Å². The highest BCUT2D eigenvalue weighted by Crippen LogP contribution is 2.30. The monoisotopic (exact) mass is 320 g/mol. The molecule has 0 aromatic heterocycles. The van der Waals surface area contributed by atoms with Crippen LogP contribution in [0.3, 0.4) is 0 Å². The molecule has 0 aromatic rings. The van der Waals surface area contributed by atoms with Gasteiger partial charge in [-0.3, -0.25) is 4.79 Å². The van der Waals surface area contributed by atoms with E-state index in [4.69, 9.17) is 0 Å². The molecule has 1 rings (SSSR count). The minimum Gasteiger partial charge on any atom is -0.481 e. The average molecular weight is 320 g/mol. The van der Waals surface area contributed by atoms with Gasteiger partial charge < -0.3 is 15.7 Å². The van der Waals surface area contributed by atoms with Crippen molar-refractivity contribution in [2.45, 2.75) is 52.1 Å². The number of hydrogen-bond donors (Lipinski definition) is 3. The Hall–Kier alpha value is -1.31. The van der Waals surface area contributed by atoms with E-state index in [1.807, 2.05) is 0 Å². The summed E-state index contributed by atoms with van der Waals surface area (Å²) >= 11 is 0. The Balaban J connectivity index is 2.67. The van der Waals surface area contributed by atoms with Gasteiger partial charge >= 0.3 is 12.0 Å². The molecule has 0 spiro atoms. The molecule has 0 bridgehead atoms. The molecule has 1 saturated heterocycles. The quantitative estimate of drug-likeness (QED) is 0.707. The normalized spacial score (nSPS) is 22.4. The maximum absolute atomic E-state index is 12.0. The number of amides is 2. The summed E-state index contributed by atoms with van der Waals surface area (Å²) < 4.78 is 23.1. The van der Waals surface area contributed by atoms with E-state index in [0.29, 0.717) is 12.8 Å². The van der Waals surface area contributed by atoms with Crippen molar-refractivity contribution in [1.29, 1.82) is 0 Å². The molecule has 7 nitrogen and oxygen atoms in total. The Morgan fingerprint density at radius 3 is 2.24 bits per heavy atom. The van der Waals surface area contributed by atoms with Crippen LogP contribution in [0.5, 0.6) is 0 Å². The highest BCUT2D eigenvalue weighted by Gasteiger charge is 2.44. The number of aliphatic carboxylic acids is 1. The van der Waals surface area contributed by atoms with Crippen molar-refractivity contribution in [2.24, 2.45) is 5.41 Å². The highest BCUT2D eigenvalue weighted by molar-refractivity contribution is 7.91. The molecule has 8 heteroatoms. The number of carboxylic acid groups (broad SMARTS) is 1. The second kappa shape index (κ2) is 5.82. The molecule has 0 aromatic carbocycles. The van der Waals surface area contributed by atoms with Crippen molar-refractivity contribution in [3.63, 3.8) is 0 Å². The predicted octanol–water partition coefficient (Wildman–Crippen LogP) is 0.752. The number of carbonyl (C=O) groups is 2. The van der Waals surface area contributed by atoms with Crippen LogP contribution < -0.4 is 10.6 Å². The van der Waals surface area contributed by atoms with Gasteiger partial charge in [0.25, 0.3) is 0 Å². The van der Waals surface area contributed by atoms with Gasteiger partial charge in [-0.05, 0) is 40.5 Å². The number of nitrogens with one attached hydrogen (secondary N) is 2. The van der Waals surface area contributed by atoms with Crippen LogP contribution in [0.1, 0.15) is 40.5 Å². The summed E-state index contributed by atoms with van der Waals surface area (Å²) in [6.07, 6.45) is 1.13. The van der Waals surface area contributed by atoms with E-state index in [1.54, 1.807) is 13.8 Å². The van der Waals surface area contributed by atoms with E-state index in [0.717, 1.165) is 0 Å². The molecule has 3 N–H and O–H groups in total. The molecule has 1 fully saturated rings. The molecule has 21 heavy (non-hydrogen) atoms. The lowest BCUT2D eigenvalue weighted by atomic mass is 9.74. The first-order chi connectivity index (χ1) is 9.37. The van der Waals surface area contributed by atoms with Crippen LogP contribution in [0, 0.1) is 5.41 Å². The van der Waals surface area contributed by atoms with E-state index >= 15 is 0 Å². The van der Waals surface area contributed by atoms with Gasteiger partial charge in [-0.25, -0.2) is 13.2 Å². The van der Waals surface area contributed by atoms with Crippen LogP contribution in [-0.2, 0) is 14.6 Å².